The van der Waals surface area contributed by atoms with E-state index >= 15 is 0 Å². The van der Waals surface area contributed by atoms with E-state index in [9.17, 15) is 0 Å². The maximum absolute atomic E-state index is 5.35. The molecule has 0 spiro atoms. The van der Waals surface area contributed by atoms with E-state index in [1.807, 2.05) is 0 Å². The molecule has 3 aromatic heterocycles. The van der Waals surface area contributed by atoms with Crippen molar-refractivity contribution in [3.8, 4) is 33.5 Å². The lowest BCUT2D eigenvalue weighted by Crippen LogP contribution is -1.93. The Balaban J connectivity index is 1.26. The number of hydrogen-bond acceptors (Lipinski definition) is 3. The molecule has 11 aromatic rings. The zero-order chi connectivity index (χ0) is 32.8. The third-order valence-electron chi connectivity index (χ3n) is 10.2. The van der Waals surface area contributed by atoms with Crippen molar-refractivity contribution in [2.45, 2.75) is 0 Å². The molecule has 0 aliphatic carbocycles. The van der Waals surface area contributed by atoms with Crippen molar-refractivity contribution in [1.82, 2.24) is 14.4 Å². The molecule has 4 heteroatoms. The van der Waals surface area contributed by atoms with Crippen LogP contribution in [0, 0.1) is 0 Å². The fourth-order valence-corrected chi connectivity index (χ4v) is 9.23. The van der Waals surface area contributed by atoms with E-state index in [1.165, 1.54) is 59.3 Å². The highest BCUT2D eigenvalue weighted by molar-refractivity contribution is 7.24. The Morgan fingerprint density at radius 1 is 0.440 bits per heavy atom. The van der Waals surface area contributed by atoms with Crippen molar-refractivity contribution >= 4 is 80.8 Å². The summed E-state index contributed by atoms with van der Waals surface area (Å²) in [5.74, 6) is 0. The molecule has 0 N–H and O–H groups in total. The Hall–Kier alpha value is -6.36. The Kier molecular flexibility index (Phi) is 5.83. The third-order valence-corrected chi connectivity index (χ3v) is 11.3. The van der Waals surface area contributed by atoms with Gasteiger partial charge in [-0.3, -0.25) is 4.40 Å². The second-order valence-corrected chi connectivity index (χ2v) is 13.9. The summed E-state index contributed by atoms with van der Waals surface area (Å²) >= 11 is 1.76. The SMILES string of the molecule is c1ccc(-c2nc3ccccc3c3nc4sc5c(-c6c7ccccc7c(-c7cccc8ccccc78)c7ccccc67)cccc5n4c23)cc1. The molecule has 0 amide bonds. The highest BCUT2D eigenvalue weighted by atomic mass is 32.1. The molecule has 232 valence electrons. The van der Waals surface area contributed by atoms with E-state index in [0.717, 1.165) is 43.7 Å². The molecular weight excluding hydrogens is 627 g/mol. The summed E-state index contributed by atoms with van der Waals surface area (Å²) in [6.45, 7) is 0. The Bertz CT molecular complexity index is 3090. The number of aromatic nitrogens is 3. The van der Waals surface area contributed by atoms with E-state index in [2.05, 4.69) is 168 Å². The van der Waals surface area contributed by atoms with Gasteiger partial charge in [-0.25, -0.2) is 9.97 Å². The van der Waals surface area contributed by atoms with Gasteiger partial charge in [-0.15, -0.1) is 0 Å². The van der Waals surface area contributed by atoms with Gasteiger partial charge >= 0.3 is 0 Å². The molecule has 11 rings (SSSR count). The highest BCUT2D eigenvalue weighted by Gasteiger charge is 2.23. The van der Waals surface area contributed by atoms with Crippen molar-refractivity contribution in [2.24, 2.45) is 0 Å². The smallest absolute Gasteiger partial charge is 0.195 e. The second-order valence-electron chi connectivity index (χ2n) is 12.9. The van der Waals surface area contributed by atoms with E-state index in [0.29, 0.717) is 0 Å². The van der Waals surface area contributed by atoms with Crippen LogP contribution in [0.25, 0.3) is 103 Å². The zero-order valence-electron chi connectivity index (χ0n) is 26.8. The first-order valence-electron chi connectivity index (χ1n) is 16.9. The molecule has 3 heterocycles. The Morgan fingerprint density at radius 3 is 1.74 bits per heavy atom. The summed E-state index contributed by atoms with van der Waals surface area (Å²) in [7, 11) is 0. The number of benzene rings is 8. The first-order valence-corrected chi connectivity index (χ1v) is 17.7. The van der Waals surface area contributed by atoms with Crippen molar-refractivity contribution in [1.29, 1.82) is 0 Å². The van der Waals surface area contributed by atoms with Gasteiger partial charge in [0, 0.05) is 16.5 Å². The fourth-order valence-electron chi connectivity index (χ4n) is 8.09. The monoisotopic (exact) mass is 653 g/mol. The van der Waals surface area contributed by atoms with E-state index in [1.54, 1.807) is 11.3 Å². The first kappa shape index (κ1) is 27.6. The predicted molar refractivity (Wildman–Crippen MR) is 212 cm³/mol. The van der Waals surface area contributed by atoms with Crippen LogP contribution in [0.4, 0.5) is 0 Å². The molecular formula is C46H27N3S. The molecule has 0 aliphatic rings. The van der Waals surface area contributed by atoms with Crippen LogP contribution < -0.4 is 0 Å². The van der Waals surface area contributed by atoms with Crippen LogP contribution in [0.5, 0.6) is 0 Å². The summed E-state index contributed by atoms with van der Waals surface area (Å²) in [5, 5.41) is 8.58. The number of rotatable bonds is 3. The summed E-state index contributed by atoms with van der Waals surface area (Å²) < 4.78 is 3.56. The highest BCUT2D eigenvalue weighted by Crippen LogP contribution is 2.48. The standard InChI is InChI=1S/C46H27N3S/c1-2-15-29(16-3-1)42-44-43(36-23-10-11-26-38(36)47-42)48-46-49(44)39-27-13-25-37(45(39)50-46)41-34-21-8-6-19-32(34)40(33-20-7-9-22-35(33)41)31-24-12-17-28-14-4-5-18-30(28)31/h1-27H. The average Bonchev–Trinajstić information content (AvgIpc) is 3.74. The van der Waals surface area contributed by atoms with Gasteiger partial charge in [0.15, 0.2) is 4.96 Å². The van der Waals surface area contributed by atoms with E-state index in [4.69, 9.17) is 9.97 Å². The number of hydrogen-bond donors (Lipinski definition) is 0. The predicted octanol–water partition coefficient (Wildman–Crippen LogP) is 12.7. The van der Waals surface area contributed by atoms with Gasteiger partial charge in [0.1, 0.15) is 11.0 Å². The minimum atomic E-state index is 0.951. The van der Waals surface area contributed by atoms with Crippen molar-refractivity contribution in [2.75, 3.05) is 0 Å². The lowest BCUT2D eigenvalue weighted by atomic mass is 9.84. The van der Waals surface area contributed by atoms with Gasteiger partial charge in [0.2, 0.25) is 0 Å². The van der Waals surface area contributed by atoms with Crippen LogP contribution in [0.1, 0.15) is 0 Å². The molecule has 0 atom stereocenters. The van der Waals surface area contributed by atoms with Gasteiger partial charge in [-0.1, -0.05) is 163 Å². The maximum atomic E-state index is 5.35. The molecule has 0 bridgehead atoms. The molecule has 0 aliphatic heterocycles. The quantitative estimate of drug-likeness (QED) is 0.178. The third kappa shape index (κ3) is 3.85. The van der Waals surface area contributed by atoms with Crippen LogP contribution in [0.15, 0.2) is 164 Å². The molecule has 0 saturated heterocycles. The normalized spacial score (nSPS) is 12.0. The van der Waals surface area contributed by atoms with E-state index < -0.39 is 0 Å². The van der Waals surface area contributed by atoms with Gasteiger partial charge in [0.25, 0.3) is 0 Å². The maximum Gasteiger partial charge on any atom is 0.195 e. The van der Waals surface area contributed by atoms with Gasteiger partial charge in [-0.2, -0.15) is 0 Å². The van der Waals surface area contributed by atoms with Crippen LogP contribution in [-0.2, 0) is 0 Å². The summed E-state index contributed by atoms with van der Waals surface area (Å²) in [5.41, 5.74) is 11.2. The number of fused-ring (bicyclic) bond motifs is 10. The van der Waals surface area contributed by atoms with Crippen molar-refractivity contribution in [3.63, 3.8) is 0 Å². The topological polar surface area (TPSA) is 30.2 Å². The molecule has 8 aromatic carbocycles. The summed E-state index contributed by atoms with van der Waals surface area (Å²) in [6, 6.07) is 58.8. The second kappa shape index (κ2) is 10.6. The van der Waals surface area contributed by atoms with Gasteiger partial charge in [0.05, 0.1) is 21.4 Å². The Labute approximate surface area is 291 Å². The number of para-hydroxylation sites is 1. The Morgan fingerprint density at radius 2 is 1.00 bits per heavy atom. The first-order chi connectivity index (χ1) is 24.8. The lowest BCUT2D eigenvalue weighted by molar-refractivity contribution is 1.32. The van der Waals surface area contributed by atoms with Gasteiger partial charge < -0.3 is 0 Å². The van der Waals surface area contributed by atoms with Crippen molar-refractivity contribution < 1.29 is 0 Å². The van der Waals surface area contributed by atoms with Crippen LogP contribution in [0.2, 0.25) is 0 Å². The average molecular weight is 654 g/mol. The number of nitrogens with zero attached hydrogens (tertiary/aromatic N) is 3. The van der Waals surface area contributed by atoms with Gasteiger partial charge in [-0.05, 0) is 61.1 Å². The molecule has 3 nitrogen and oxygen atoms in total. The molecule has 50 heavy (non-hydrogen) atoms. The minimum absolute atomic E-state index is 0.951. The van der Waals surface area contributed by atoms with Crippen molar-refractivity contribution in [3.05, 3.63) is 164 Å². The summed E-state index contributed by atoms with van der Waals surface area (Å²) in [6.07, 6.45) is 0. The molecule has 0 fully saturated rings. The molecule has 0 radical (unpaired) electrons. The molecule has 0 saturated carbocycles. The number of thiazole rings is 1. The minimum Gasteiger partial charge on any atom is -0.281 e. The number of imidazole rings is 1. The molecule has 0 unspecified atom stereocenters. The fraction of sp³-hybridized carbons (Fsp3) is 0. The lowest BCUT2D eigenvalue weighted by Gasteiger charge is -2.19. The number of pyridine rings is 1. The van der Waals surface area contributed by atoms with Crippen LogP contribution in [-0.4, -0.2) is 14.4 Å². The van der Waals surface area contributed by atoms with Crippen LogP contribution in [0.3, 0.4) is 0 Å². The van der Waals surface area contributed by atoms with E-state index in [-0.39, 0.29) is 0 Å². The zero-order valence-corrected chi connectivity index (χ0v) is 27.7. The van der Waals surface area contributed by atoms with Crippen LogP contribution >= 0.6 is 11.3 Å². The largest absolute Gasteiger partial charge is 0.281 e. The summed E-state index contributed by atoms with van der Waals surface area (Å²) in [4.78, 5) is 11.6.